The highest BCUT2D eigenvalue weighted by molar-refractivity contribution is 5.93. The van der Waals surface area contributed by atoms with Gasteiger partial charge in [0.15, 0.2) is 16.9 Å². The van der Waals surface area contributed by atoms with Crippen LogP contribution in [0.5, 0.6) is 5.95 Å². The number of imidazole rings is 1. The molecule has 0 spiro atoms. The minimum atomic E-state index is -0.911. The van der Waals surface area contributed by atoms with Crippen LogP contribution in [0, 0.1) is 5.82 Å². The molecule has 1 N–H and O–H groups in total. The number of amides is 1. The number of hydrogen-bond acceptors (Lipinski definition) is 8. The van der Waals surface area contributed by atoms with Crippen molar-refractivity contribution in [2.24, 2.45) is 14.1 Å². The molecule has 38 heavy (non-hydrogen) atoms. The molecule has 1 unspecified atom stereocenters. The Morgan fingerprint density at radius 3 is 2.68 bits per heavy atom. The van der Waals surface area contributed by atoms with Gasteiger partial charge in [-0.2, -0.15) is 4.98 Å². The molecule has 1 saturated heterocycles. The van der Waals surface area contributed by atoms with E-state index in [4.69, 9.17) is 9.15 Å². The number of carbonyl (C=O) groups excluding carboxylic acids is 1. The van der Waals surface area contributed by atoms with E-state index in [-0.39, 0.29) is 40.7 Å². The molecule has 0 radical (unpaired) electrons. The number of nitrogens with one attached hydrogen (secondary N) is 1. The molecule has 1 aliphatic heterocycles. The molecular weight excluding hydrogens is 497 g/mol. The van der Waals surface area contributed by atoms with Crippen molar-refractivity contribution in [1.82, 2.24) is 23.7 Å². The number of anilines is 2. The first-order valence-corrected chi connectivity index (χ1v) is 12.2. The van der Waals surface area contributed by atoms with Gasteiger partial charge < -0.3 is 18.6 Å². The summed E-state index contributed by atoms with van der Waals surface area (Å²) in [5, 5.41) is 2.57. The molecule has 4 aromatic rings. The first-order valence-electron chi connectivity index (χ1n) is 12.2. The average molecular weight is 526 g/mol. The van der Waals surface area contributed by atoms with Crippen LogP contribution in [0.4, 0.5) is 16.1 Å². The minimum Gasteiger partial charge on any atom is -0.467 e. The van der Waals surface area contributed by atoms with Crippen molar-refractivity contribution in [3.05, 3.63) is 51.2 Å². The first-order chi connectivity index (χ1) is 18.1. The lowest BCUT2D eigenvalue weighted by Crippen LogP contribution is -2.38. The molecule has 200 valence electrons. The van der Waals surface area contributed by atoms with E-state index in [1.807, 2.05) is 4.90 Å². The third-order valence-electron chi connectivity index (χ3n) is 7.07. The maximum atomic E-state index is 15.1. The topological polar surface area (TPSA) is 129 Å². The summed E-state index contributed by atoms with van der Waals surface area (Å²) < 4.78 is 29.5. The Balaban J connectivity index is 1.42. The molecule has 3 aromatic heterocycles. The van der Waals surface area contributed by atoms with E-state index in [1.54, 1.807) is 19.1 Å². The molecule has 0 aliphatic carbocycles. The van der Waals surface area contributed by atoms with Gasteiger partial charge in [0.2, 0.25) is 0 Å². The lowest BCUT2D eigenvalue weighted by molar-refractivity contribution is -0.118. The Hall–Kier alpha value is -4.42. The van der Waals surface area contributed by atoms with Gasteiger partial charge in [0.05, 0.1) is 19.1 Å². The number of hydrogen-bond donors (Lipinski definition) is 1. The number of ether oxygens (including phenoxy) is 1. The number of aromatic nitrogens is 5. The van der Waals surface area contributed by atoms with Crippen LogP contribution >= 0.6 is 0 Å². The summed E-state index contributed by atoms with van der Waals surface area (Å²) in [5.74, 6) is -0.935. The van der Waals surface area contributed by atoms with Crippen LogP contribution in [0.25, 0.3) is 22.4 Å². The van der Waals surface area contributed by atoms with E-state index in [9.17, 15) is 14.4 Å². The lowest BCUT2D eigenvalue weighted by Gasteiger charge is -2.24. The number of benzene rings is 1. The van der Waals surface area contributed by atoms with Crippen molar-refractivity contribution in [1.29, 1.82) is 0 Å². The highest BCUT2D eigenvalue weighted by atomic mass is 19.1. The van der Waals surface area contributed by atoms with Crippen LogP contribution in [0.15, 0.2) is 38.5 Å². The Bertz CT molecular complexity index is 1670. The monoisotopic (exact) mass is 525 g/mol. The van der Waals surface area contributed by atoms with Crippen LogP contribution in [-0.2, 0) is 18.9 Å². The second kappa shape index (κ2) is 9.47. The molecule has 13 heteroatoms. The zero-order valence-electron chi connectivity index (χ0n) is 21.7. The lowest BCUT2D eigenvalue weighted by atomic mass is 10.1. The van der Waals surface area contributed by atoms with E-state index in [1.165, 1.54) is 42.7 Å². The number of oxazole rings is 1. The normalized spacial score (nSPS) is 16.3. The SMILES string of the molecule is COc1oc(NC(=O)C(C)n2cnc3c2c(=O)n(C)c(=O)n3C)nc1-c1ccc(N2CCC[C@@H]2C)c(F)c1. The number of nitrogens with zero attached hydrogens (tertiary/aromatic N) is 6. The highest BCUT2D eigenvalue weighted by Crippen LogP contribution is 2.36. The van der Waals surface area contributed by atoms with Gasteiger partial charge in [-0.1, -0.05) is 6.07 Å². The maximum Gasteiger partial charge on any atom is 0.332 e. The van der Waals surface area contributed by atoms with Crippen molar-refractivity contribution in [2.75, 3.05) is 23.9 Å². The average Bonchev–Trinajstić information content (AvgIpc) is 3.64. The van der Waals surface area contributed by atoms with Gasteiger partial charge in [-0.25, -0.2) is 14.2 Å². The summed E-state index contributed by atoms with van der Waals surface area (Å²) >= 11 is 0. The third-order valence-corrected chi connectivity index (χ3v) is 7.07. The summed E-state index contributed by atoms with van der Waals surface area (Å²) in [6.07, 6.45) is 3.35. The standard InChI is InChI=1S/C25H28FN7O5/c1-13-7-6-10-32(13)17-9-8-15(11-16(17)26)18-23(37-5)38-24(28-18)29-21(34)14(2)33-12-27-20-19(33)22(35)31(4)25(36)30(20)3/h8-9,11-14H,6-7,10H2,1-5H3,(H,28,29,34)/t13-,14?/m0/s1. The number of aryl methyl sites for hydroxylation is 1. The molecule has 4 heterocycles. The number of halogens is 1. The number of carbonyl (C=O) groups is 1. The van der Waals surface area contributed by atoms with Gasteiger partial charge in [0.25, 0.3) is 11.5 Å². The quantitative estimate of drug-likeness (QED) is 0.406. The summed E-state index contributed by atoms with van der Waals surface area (Å²) in [4.78, 5) is 48.5. The number of methoxy groups -OCH3 is 1. The van der Waals surface area contributed by atoms with Crippen molar-refractivity contribution < 1.29 is 18.3 Å². The zero-order chi connectivity index (χ0) is 27.3. The van der Waals surface area contributed by atoms with Crippen molar-refractivity contribution >= 4 is 28.8 Å². The fourth-order valence-electron chi connectivity index (χ4n) is 4.85. The Morgan fingerprint density at radius 2 is 2.03 bits per heavy atom. The summed E-state index contributed by atoms with van der Waals surface area (Å²) in [6, 6.07) is 4.00. The highest BCUT2D eigenvalue weighted by Gasteiger charge is 2.26. The molecule has 1 aliphatic rings. The summed E-state index contributed by atoms with van der Waals surface area (Å²) in [6.45, 7) is 4.44. The van der Waals surface area contributed by atoms with Crippen LogP contribution in [0.2, 0.25) is 0 Å². The summed E-state index contributed by atoms with van der Waals surface area (Å²) in [5.41, 5.74) is 0.347. The van der Waals surface area contributed by atoms with Crippen LogP contribution in [0.1, 0.15) is 32.7 Å². The molecule has 1 aromatic carbocycles. The van der Waals surface area contributed by atoms with Crippen molar-refractivity contribution in [3.63, 3.8) is 0 Å². The smallest absolute Gasteiger partial charge is 0.332 e. The van der Waals surface area contributed by atoms with E-state index in [0.717, 1.165) is 24.0 Å². The van der Waals surface area contributed by atoms with Gasteiger partial charge in [0.1, 0.15) is 11.9 Å². The van der Waals surface area contributed by atoms with Gasteiger partial charge in [0, 0.05) is 32.2 Å². The second-order valence-corrected chi connectivity index (χ2v) is 9.41. The zero-order valence-corrected chi connectivity index (χ0v) is 21.7. The second-order valence-electron chi connectivity index (χ2n) is 9.41. The Morgan fingerprint density at radius 1 is 1.26 bits per heavy atom. The van der Waals surface area contributed by atoms with E-state index in [2.05, 4.69) is 22.2 Å². The van der Waals surface area contributed by atoms with E-state index >= 15 is 4.39 Å². The fourth-order valence-corrected chi connectivity index (χ4v) is 4.85. The molecule has 2 atom stereocenters. The molecule has 0 saturated carbocycles. The van der Waals surface area contributed by atoms with Gasteiger partial charge in [-0.3, -0.25) is 24.0 Å². The molecule has 1 amide bonds. The number of fused-ring (bicyclic) bond motifs is 1. The molecule has 12 nitrogen and oxygen atoms in total. The molecular formula is C25H28FN7O5. The Kier molecular flexibility index (Phi) is 6.29. The molecule has 5 rings (SSSR count). The van der Waals surface area contributed by atoms with Crippen molar-refractivity contribution in [2.45, 2.75) is 38.8 Å². The fraction of sp³-hybridized carbons (Fsp3) is 0.400. The first kappa shape index (κ1) is 25.2. The minimum absolute atomic E-state index is 0.00611. The summed E-state index contributed by atoms with van der Waals surface area (Å²) in [7, 11) is 4.23. The largest absolute Gasteiger partial charge is 0.467 e. The predicted octanol–water partition coefficient (Wildman–Crippen LogP) is 2.42. The van der Waals surface area contributed by atoms with Gasteiger partial charge in [-0.15, -0.1) is 0 Å². The van der Waals surface area contributed by atoms with Crippen LogP contribution in [0.3, 0.4) is 0 Å². The number of rotatable bonds is 6. The van der Waals surface area contributed by atoms with E-state index in [0.29, 0.717) is 11.3 Å². The van der Waals surface area contributed by atoms with E-state index < -0.39 is 23.2 Å². The third kappa shape index (κ3) is 4.03. The van der Waals surface area contributed by atoms with Gasteiger partial charge in [-0.05, 0) is 38.8 Å². The van der Waals surface area contributed by atoms with Crippen molar-refractivity contribution in [3.8, 4) is 17.2 Å². The molecule has 1 fully saturated rings. The van der Waals surface area contributed by atoms with Crippen LogP contribution < -0.4 is 26.2 Å². The van der Waals surface area contributed by atoms with Crippen LogP contribution in [-0.4, -0.2) is 49.3 Å². The predicted molar refractivity (Wildman–Crippen MR) is 138 cm³/mol. The maximum absolute atomic E-state index is 15.1. The molecule has 0 bridgehead atoms. The van der Waals surface area contributed by atoms with Gasteiger partial charge >= 0.3 is 17.7 Å². The Labute approximate surface area is 216 Å².